The molecule has 0 aromatic heterocycles. The van der Waals surface area contributed by atoms with Gasteiger partial charge in [0.15, 0.2) is 0 Å². The van der Waals surface area contributed by atoms with E-state index in [0.717, 1.165) is 17.0 Å². The molecule has 1 heterocycles. The van der Waals surface area contributed by atoms with Crippen molar-refractivity contribution < 1.29 is 4.79 Å². The summed E-state index contributed by atoms with van der Waals surface area (Å²) in [5.41, 5.74) is 8.24. The Morgan fingerprint density at radius 3 is 2.88 bits per heavy atom. The van der Waals surface area contributed by atoms with E-state index >= 15 is 0 Å². The number of carbonyl (C=O) groups is 1. The number of benzodiazepines with no additional fused rings is 1. The highest BCUT2D eigenvalue weighted by molar-refractivity contribution is 6.31. The van der Waals surface area contributed by atoms with Crippen LogP contribution in [0.1, 0.15) is 12.5 Å². The van der Waals surface area contributed by atoms with Gasteiger partial charge in [-0.1, -0.05) is 11.6 Å². The molecule has 5 heteroatoms. The molecule has 2 N–H and O–H groups in total. The van der Waals surface area contributed by atoms with Crippen LogP contribution < -0.4 is 10.6 Å². The van der Waals surface area contributed by atoms with Gasteiger partial charge in [0.25, 0.3) is 0 Å². The summed E-state index contributed by atoms with van der Waals surface area (Å²) in [6.07, 6.45) is 0. The maximum absolute atomic E-state index is 11.8. The van der Waals surface area contributed by atoms with Gasteiger partial charge in [0.05, 0.1) is 11.4 Å². The number of hydrogen-bond acceptors (Lipinski definition) is 3. The molecule has 1 aliphatic heterocycles. The van der Waals surface area contributed by atoms with Crippen LogP contribution in [0.3, 0.4) is 0 Å². The van der Waals surface area contributed by atoms with Crippen LogP contribution in [0.25, 0.3) is 0 Å². The Hall–Kier alpha value is -1.39. The Morgan fingerprint density at radius 1 is 1.53 bits per heavy atom. The summed E-state index contributed by atoms with van der Waals surface area (Å²) >= 11 is 5.98. The third-order valence-corrected chi connectivity index (χ3v) is 3.02. The summed E-state index contributed by atoms with van der Waals surface area (Å²) in [4.78, 5) is 17.6. The van der Waals surface area contributed by atoms with Crippen LogP contribution in [0.4, 0.5) is 5.69 Å². The lowest BCUT2D eigenvalue weighted by Crippen LogP contribution is -2.29. The van der Waals surface area contributed by atoms with E-state index in [2.05, 4.69) is 4.99 Å². The number of nitrogens with two attached hydrogens (primary N) is 1. The molecular formula is C12H14ClN3O. The summed E-state index contributed by atoms with van der Waals surface area (Å²) in [6, 6.07) is 5.15. The fourth-order valence-corrected chi connectivity index (χ4v) is 2.05. The van der Waals surface area contributed by atoms with Gasteiger partial charge >= 0.3 is 0 Å². The molecule has 1 aromatic rings. The number of fused-ring (bicyclic) bond motifs is 1. The van der Waals surface area contributed by atoms with Gasteiger partial charge < -0.3 is 10.6 Å². The molecule has 2 rings (SSSR count). The normalized spacial score (nSPS) is 17.3. The lowest BCUT2D eigenvalue weighted by Gasteiger charge is -2.18. The van der Waals surface area contributed by atoms with E-state index in [-0.39, 0.29) is 18.5 Å². The second kappa shape index (κ2) is 4.47. The first-order valence-electron chi connectivity index (χ1n) is 5.37. The number of hydrogen-bond donors (Lipinski definition) is 1. The molecule has 4 nitrogen and oxygen atoms in total. The second-order valence-corrected chi connectivity index (χ2v) is 4.54. The topological polar surface area (TPSA) is 58.7 Å². The quantitative estimate of drug-likeness (QED) is 0.821. The molecular weight excluding hydrogens is 238 g/mol. The highest BCUT2D eigenvalue weighted by Gasteiger charge is 2.23. The van der Waals surface area contributed by atoms with Crippen LogP contribution in [-0.2, 0) is 4.79 Å². The molecule has 1 aliphatic rings. The van der Waals surface area contributed by atoms with Gasteiger partial charge in [-0.3, -0.25) is 9.79 Å². The predicted octanol–water partition coefficient (Wildman–Crippen LogP) is 1.45. The Balaban J connectivity index is 2.64. The van der Waals surface area contributed by atoms with Crippen molar-refractivity contribution in [3.8, 4) is 0 Å². The zero-order valence-electron chi connectivity index (χ0n) is 9.77. The fraction of sp³-hybridized carbons (Fsp3) is 0.333. The highest BCUT2D eigenvalue weighted by Crippen LogP contribution is 2.27. The molecule has 0 radical (unpaired) electrons. The first-order valence-corrected chi connectivity index (χ1v) is 5.75. The molecule has 1 aromatic carbocycles. The van der Waals surface area contributed by atoms with E-state index in [1.807, 2.05) is 13.0 Å². The van der Waals surface area contributed by atoms with Crippen molar-refractivity contribution in [1.82, 2.24) is 0 Å². The maximum atomic E-state index is 11.8. The number of anilines is 1. The van der Waals surface area contributed by atoms with Crippen LogP contribution in [-0.4, -0.2) is 31.3 Å². The summed E-state index contributed by atoms with van der Waals surface area (Å²) in [6.45, 7) is 1.97. The Morgan fingerprint density at radius 2 is 2.24 bits per heavy atom. The number of benzene rings is 1. The van der Waals surface area contributed by atoms with Gasteiger partial charge in [-0.05, 0) is 25.1 Å². The number of halogens is 1. The van der Waals surface area contributed by atoms with Gasteiger partial charge in [-0.15, -0.1) is 0 Å². The first-order chi connectivity index (χ1) is 8.00. The first kappa shape index (κ1) is 12.1. The lowest BCUT2D eigenvalue weighted by atomic mass is 10.0. The van der Waals surface area contributed by atoms with Crippen LogP contribution >= 0.6 is 11.6 Å². The zero-order valence-corrected chi connectivity index (χ0v) is 10.5. The van der Waals surface area contributed by atoms with Crippen molar-refractivity contribution in [3.63, 3.8) is 0 Å². The molecule has 0 spiro atoms. The molecule has 0 bridgehead atoms. The number of carbonyl (C=O) groups excluding carboxylic acids is 1. The van der Waals surface area contributed by atoms with Crippen LogP contribution in [0.2, 0.25) is 5.02 Å². The average molecular weight is 252 g/mol. The van der Waals surface area contributed by atoms with Crippen molar-refractivity contribution in [1.29, 1.82) is 0 Å². The molecule has 90 valence electrons. The second-order valence-electron chi connectivity index (χ2n) is 4.10. The van der Waals surface area contributed by atoms with E-state index in [4.69, 9.17) is 17.3 Å². The van der Waals surface area contributed by atoms with E-state index in [1.165, 1.54) is 0 Å². The highest BCUT2D eigenvalue weighted by atomic mass is 35.5. The summed E-state index contributed by atoms with van der Waals surface area (Å²) in [5.74, 6) is -0.0516. The smallest absolute Gasteiger partial charge is 0.248 e. The Bertz CT molecular complexity index is 497. The van der Waals surface area contributed by atoms with Gasteiger partial charge in [-0.2, -0.15) is 0 Å². The predicted molar refractivity (Wildman–Crippen MR) is 69.9 cm³/mol. The number of aliphatic imine (C=N–C) groups is 1. The molecule has 1 amide bonds. The van der Waals surface area contributed by atoms with Crippen molar-refractivity contribution >= 4 is 28.9 Å². The van der Waals surface area contributed by atoms with E-state index in [0.29, 0.717) is 5.02 Å². The third kappa shape index (κ3) is 2.18. The van der Waals surface area contributed by atoms with Gasteiger partial charge in [0, 0.05) is 23.7 Å². The minimum Gasteiger partial charge on any atom is -0.323 e. The Labute approximate surface area is 105 Å². The van der Waals surface area contributed by atoms with E-state index in [9.17, 15) is 4.79 Å². The van der Waals surface area contributed by atoms with Crippen molar-refractivity contribution in [3.05, 3.63) is 28.8 Å². The van der Waals surface area contributed by atoms with Crippen LogP contribution in [0, 0.1) is 0 Å². The number of likely N-dealkylation sites (N-methyl/N-ethyl adjacent to an activating group) is 1. The van der Waals surface area contributed by atoms with Gasteiger partial charge in [0.2, 0.25) is 5.91 Å². The zero-order chi connectivity index (χ0) is 12.6. The van der Waals surface area contributed by atoms with Crippen molar-refractivity contribution in [2.45, 2.75) is 13.0 Å². The maximum Gasteiger partial charge on any atom is 0.248 e. The molecule has 0 saturated carbocycles. The third-order valence-electron chi connectivity index (χ3n) is 2.79. The van der Waals surface area contributed by atoms with Crippen LogP contribution in [0.15, 0.2) is 23.2 Å². The number of rotatable bonds is 1. The van der Waals surface area contributed by atoms with Crippen molar-refractivity contribution in [2.24, 2.45) is 10.7 Å². The fourth-order valence-electron chi connectivity index (χ4n) is 1.87. The summed E-state index contributed by atoms with van der Waals surface area (Å²) < 4.78 is 0. The molecule has 0 saturated heterocycles. The molecule has 0 fully saturated rings. The van der Waals surface area contributed by atoms with Gasteiger partial charge in [-0.25, -0.2) is 0 Å². The standard InChI is InChI=1S/C12H14ClN3O/c1-7(14)12-9-5-8(13)3-4-10(9)16(2)11(17)6-15-12/h3-5,7H,6,14H2,1-2H3. The summed E-state index contributed by atoms with van der Waals surface area (Å²) in [7, 11) is 1.73. The van der Waals surface area contributed by atoms with E-state index in [1.54, 1.807) is 24.1 Å². The minimum absolute atomic E-state index is 0.0516. The van der Waals surface area contributed by atoms with E-state index < -0.39 is 0 Å². The number of amides is 1. The molecule has 0 aliphatic carbocycles. The van der Waals surface area contributed by atoms with Crippen molar-refractivity contribution in [2.75, 3.05) is 18.5 Å². The molecule has 1 atom stereocenters. The van der Waals surface area contributed by atoms with Crippen LogP contribution in [0.5, 0.6) is 0 Å². The largest absolute Gasteiger partial charge is 0.323 e. The molecule has 1 unspecified atom stereocenters. The number of nitrogens with zero attached hydrogens (tertiary/aromatic N) is 2. The summed E-state index contributed by atoms with van der Waals surface area (Å²) in [5, 5.41) is 0.611. The minimum atomic E-state index is -0.230. The lowest BCUT2D eigenvalue weighted by molar-refractivity contribution is -0.116. The average Bonchev–Trinajstić information content (AvgIpc) is 2.38. The van der Waals surface area contributed by atoms with Gasteiger partial charge in [0.1, 0.15) is 6.54 Å². The SMILES string of the molecule is CC(N)C1=NCC(=O)N(C)c2ccc(Cl)cc21. The Kier molecular flexibility index (Phi) is 3.17. The monoisotopic (exact) mass is 251 g/mol. The molecule has 17 heavy (non-hydrogen) atoms.